The fourth-order valence-corrected chi connectivity index (χ4v) is 1.10. The molecular formula is C7H7ClN2O2. The Kier molecular flexibility index (Phi) is 2.19. The van der Waals surface area contributed by atoms with E-state index in [1.165, 1.54) is 12.1 Å². The van der Waals surface area contributed by atoms with Gasteiger partial charge in [0.2, 0.25) is 0 Å². The van der Waals surface area contributed by atoms with Crippen molar-refractivity contribution in [3.63, 3.8) is 0 Å². The third kappa shape index (κ3) is 1.48. The highest BCUT2D eigenvalue weighted by Crippen LogP contribution is 2.27. The molecule has 0 saturated carbocycles. The molecule has 0 unspecified atom stereocenters. The van der Waals surface area contributed by atoms with Crippen LogP contribution in [0.25, 0.3) is 0 Å². The van der Waals surface area contributed by atoms with Crippen LogP contribution >= 0.6 is 11.6 Å². The van der Waals surface area contributed by atoms with Gasteiger partial charge >= 0.3 is 0 Å². The summed E-state index contributed by atoms with van der Waals surface area (Å²) in [5, 5.41) is 10.5. The molecule has 12 heavy (non-hydrogen) atoms. The standard InChI is InChI=1S/C7H7ClN2O2/c1-4-2-5(10(11)12)3-6(8)7(4)9/h2-3H,9H2,1H3. The summed E-state index contributed by atoms with van der Waals surface area (Å²) in [6.45, 7) is 1.67. The van der Waals surface area contributed by atoms with E-state index in [0.717, 1.165) is 0 Å². The van der Waals surface area contributed by atoms with Crippen LogP contribution in [0.4, 0.5) is 11.4 Å². The van der Waals surface area contributed by atoms with Gasteiger partial charge in [-0.3, -0.25) is 10.1 Å². The molecule has 0 fully saturated rings. The molecular weight excluding hydrogens is 180 g/mol. The molecule has 1 rings (SSSR count). The monoisotopic (exact) mass is 186 g/mol. The number of nitrogens with two attached hydrogens (primary N) is 1. The smallest absolute Gasteiger partial charge is 0.271 e. The van der Waals surface area contributed by atoms with Crippen LogP contribution in [0.3, 0.4) is 0 Å². The Hall–Kier alpha value is -1.29. The highest BCUT2D eigenvalue weighted by Gasteiger charge is 2.10. The van der Waals surface area contributed by atoms with E-state index < -0.39 is 4.92 Å². The molecule has 0 heterocycles. The number of nitrogen functional groups attached to an aromatic ring is 1. The molecule has 0 aromatic heterocycles. The molecule has 0 saturated heterocycles. The number of hydrogen-bond acceptors (Lipinski definition) is 3. The summed E-state index contributed by atoms with van der Waals surface area (Å²) in [6, 6.07) is 2.63. The molecule has 2 N–H and O–H groups in total. The lowest BCUT2D eigenvalue weighted by atomic mass is 10.2. The molecule has 5 heteroatoms. The fraction of sp³-hybridized carbons (Fsp3) is 0.143. The first-order valence-electron chi connectivity index (χ1n) is 3.22. The summed E-state index contributed by atoms with van der Waals surface area (Å²) in [6.07, 6.45) is 0. The predicted octanol–water partition coefficient (Wildman–Crippen LogP) is 2.14. The maximum absolute atomic E-state index is 10.3. The Morgan fingerprint density at radius 2 is 2.17 bits per heavy atom. The van der Waals surface area contributed by atoms with Crippen molar-refractivity contribution in [2.75, 3.05) is 5.73 Å². The summed E-state index contributed by atoms with van der Waals surface area (Å²) in [5.41, 5.74) is 6.47. The van der Waals surface area contributed by atoms with E-state index in [1.807, 2.05) is 0 Å². The lowest BCUT2D eigenvalue weighted by Gasteiger charge is -2.01. The molecule has 0 spiro atoms. The largest absolute Gasteiger partial charge is 0.397 e. The number of nitrogens with zero attached hydrogens (tertiary/aromatic N) is 1. The molecule has 0 aliphatic rings. The minimum Gasteiger partial charge on any atom is -0.397 e. The summed E-state index contributed by atoms with van der Waals surface area (Å²) >= 11 is 5.63. The Bertz CT molecular complexity index is 315. The van der Waals surface area contributed by atoms with E-state index in [2.05, 4.69) is 0 Å². The van der Waals surface area contributed by atoms with Crippen molar-refractivity contribution in [2.45, 2.75) is 6.92 Å². The molecule has 0 aliphatic heterocycles. The SMILES string of the molecule is Cc1cc([N+](=O)[O-])cc(Cl)c1N. The summed E-state index contributed by atoms with van der Waals surface area (Å²) < 4.78 is 0. The Balaban J connectivity index is 3.31. The van der Waals surface area contributed by atoms with E-state index in [-0.39, 0.29) is 10.7 Å². The normalized spacial score (nSPS) is 9.83. The highest BCUT2D eigenvalue weighted by atomic mass is 35.5. The van der Waals surface area contributed by atoms with Gasteiger partial charge in [0.1, 0.15) is 0 Å². The van der Waals surface area contributed by atoms with Crippen molar-refractivity contribution >= 4 is 23.0 Å². The molecule has 0 atom stereocenters. The Morgan fingerprint density at radius 3 is 2.58 bits per heavy atom. The molecule has 4 nitrogen and oxygen atoms in total. The number of benzene rings is 1. The fourth-order valence-electron chi connectivity index (χ4n) is 0.843. The van der Waals surface area contributed by atoms with Crippen molar-refractivity contribution in [1.29, 1.82) is 0 Å². The van der Waals surface area contributed by atoms with Crippen molar-refractivity contribution in [2.24, 2.45) is 0 Å². The van der Waals surface area contributed by atoms with E-state index in [4.69, 9.17) is 17.3 Å². The van der Waals surface area contributed by atoms with Gasteiger partial charge in [0.25, 0.3) is 5.69 Å². The molecule has 0 aliphatic carbocycles. The van der Waals surface area contributed by atoms with Crippen LogP contribution in [0.15, 0.2) is 12.1 Å². The van der Waals surface area contributed by atoms with E-state index in [0.29, 0.717) is 11.3 Å². The molecule has 0 bridgehead atoms. The highest BCUT2D eigenvalue weighted by molar-refractivity contribution is 6.33. The summed E-state index contributed by atoms with van der Waals surface area (Å²) in [4.78, 5) is 9.82. The lowest BCUT2D eigenvalue weighted by molar-refractivity contribution is -0.384. The van der Waals surface area contributed by atoms with Crippen molar-refractivity contribution in [3.05, 3.63) is 32.8 Å². The summed E-state index contributed by atoms with van der Waals surface area (Å²) in [5.74, 6) is 0. The van der Waals surface area contributed by atoms with Gasteiger partial charge in [0, 0.05) is 12.1 Å². The van der Waals surface area contributed by atoms with Gasteiger partial charge in [-0.1, -0.05) is 11.6 Å². The number of aryl methyl sites for hydroxylation is 1. The van der Waals surface area contributed by atoms with Gasteiger partial charge in [-0.15, -0.1) is 0 Å². The second-order valence-electron chi connectivity index (χ2n) is 2.42. The quantitative estimate of drug-likeness (QED) is 0.415. The minimum atomic E-state index is -0.502. The van der Waals surface area contributed by atoms with Crippen molar-refractivity contribution < 1.29 is 4.92 Å². The van der Waals surface area contributed by atoms with Crippen molar-refractivity contribution in [1.82, 2.24) is 0 Å². The van der Waals surface area contributed by atoms with E-state index in [1.54, 1.807) is 6.92 Å². The van der Waals surface area contributed by atoms with Gasteiger partial charge in [0.15, 0.2) is 0 Å². The maximum Gasteiger partial charge on any atom is 0.271 e. The second kappa shape index (κ2) is 2.98. The van der Waals surface area contributed by atoms with Crippen LogP contribution in [-0.4, -0.2) is 4.92 Å². The van der Waals surface area contributed by atoms with Gasteiger partial charge in [-0.05, 0) is 12.5 Å². The van der Waals surface area contributed by atoms with E-state index in [9.17, 15) is 10.1 Å². The number of hydrogen-bond donors (Lipinski definition) is 1. The zero-order valence-electron chi connectivity index (χ0n) is 6.37. The molecule has 64 valence electrons. The first kappa shape index (κ1) is 8.80. The molecule has 1 aromatic carbocycles. The minimum absolute atomic E-state index is 0.0355. The topological polar surface area (TPSA) is 69.2 Å². The maximum atomic E-state index is 10.3. The first-order chi connectivity index (χ1) is 5.52. The third-order valence-electron chi connectivity index (χ3n) is 1.53. The van der Waals surface area contributed by atoms with Crippen LogP contribution in [0.2, 0.25) is 5.02 Å². The van der Waals surface area contributed by atoms with Gasteiger partial charge in [-0.25, -0.2) is 0 Å². The second-order valence-corrected chi connectivity index (χ2v) is 2.82. The average molecular weight is 187 g/mol. The summed E-state index contributed by atoms with van der Waals surface area (Å²) in [7, 11) is 0. The first-order valence-corrected chi connectivity index (χ1v) is 3.60. The molecule has 0 amide bonds. The Labute approximate surface area is 74.1 Å². The van der Waals surface area contributed by atoms with Crippen LogP contribution < -0.4 is 5.73 Å². The predicted molar refractivity (Wildman–Crippen MR) is 47.3 cm³/mol. The van der Waals surface area contributed by atoms with Crippen molar-refractivity contribution in [3.8, 4) is 0 Å². The number of halogens is 1. The van der Waals surface area contributed by atoms with Gasteiger partial charge in [0.05, 0.1) is 15.6 Å². The molecule has 1 aromatic rings. The lowest BCUT2D eigenvalue weighted by Crippen LogP contribution is -1.94. The number of nitro groups is 1. The Morgan fingerprint density at radius 1 is 1.58 bits per heavy atom. The van der Waals surface area contributed by atoms with E-state index >= 15 is 0 Å². The van der Waals surface area contributed by atoms with Gasteiger partial charge in [-0.2, -0.15) is 0 Å². The zero-order chi connectivity index (χ0) is 9.30. The number of rotatable bonds is 1. The zero-order valence-corrected chi connectivity index (χ0v) is 7.13. The van der Waals surface area contributed by atoms with Crippen LogP contribution in [0.5, 0.6) is 0 Å². The molecule has 0 radical (unpaired) electrons. The van der Waals surface area contributed by atoms with Gasteiger partial charge < -0.3 is 5.73 Å². The number of non-ortho nitro benzene ring substituents is 1. The number of nitro benzene ring substituents is 1. The average Bonchev–Trinajstić information content (AvgIpc) is 1.99. The van der Waals surface area contributed by atoms with Crippen LogP contribution in [-0.2, 0) is 0 Å². The van der Waals surface area contributed by atoms with Crippen LogP contribution in [0.1, 0.15) is 5.56 Å². The number of anilines is 1. The third-order valence-corrected chi connectivity index (χ3v) is 1.84. The van der Waals surface area contributed by atoms with Crippen LogP contribution in [0, 0.1) is 17.0 Å².